The van der Waals surface area contributed by atoms with Gasteiger partial charge < -0.3 is 0 Å². The Kier molecular flexibility index (Phi) is 16.1. The van der Waals surface area contributed by atoms with E-state index < -0.39 is 0 Å². The quantitative estimate of drug-likeness (QED) is 0.438. The summed E-state index contributed by atoms with van der Waals surface area (Å²) >= 11 is 0. The van der Waals surface area contributed by atoms with Crippen molar-refractivity contribution in [2.24, 2.45) is 0 Å². The van der Waals surface area contributed by atoms with Gasteiger partial charge in [-0.1, -0.05) is 45.1 Å². The highest BCUT2D eigenvalue weighted by molar-refractivity contribution is 8.93. The monoisotopic (exact) mass is 220 g/mol. The lowest BCUT2D eigenvalue weighted by molar-refractivity contribution is 0.611. The van der Waals surface area contributed by atoms with Gasteiger partial charge in [-0.2, -0.15) is 0 Å². The molecule has 0 heterocycles. The van der Waals surface area contributed by atoms with Gasteiger partial charge in [0.1, 0.15) is 0 Å². The molecule has 0 aromatic carbocycles. The van der Waals surface area contributed by atoms with Crippen molar-refractivity contribution < 1.29 is 0 Å². The molecule has 0 atom stereocenters. The standard InChI is InChI=1S/C10H20.BrH/c1-3-5-7-9-10-8-6-4-2;/h3H,1,4-10H2,2H3;1H. The smallest absolute Gasteiger partial charge is 0.0353 e. The van der Waals surface area contributed by atoms with Gasteiger partial charge in [0.25, 0.3) is 0 Å². The van der Waals surface area contributed by atoms with Crippen LogP contribution in [0.3, 0.4) is 0 Å². The van der Waals surface area contributed by atoms with Crippen LogP contribution < -0.4 is 0 Å². The summed E-state index contributed by atoms with van der Waals surface area (Å²) in [6.45, 7) is 5.95. The Morgan fingerprint density at radius 1 is 1.00 bits per heavy atom. The molecule has 0 spiro atoms. The maximum Gasteiger partial charge on any atom is -0.0353 e. The number of allylic oxidation sites excluding steroid dienone is 1. The third kappa shape index (κ3) is 13.2. The van der Waals surface area contributed by atoms with Crippen LogP contribution in [0, 0.1) is 0 Å². The molecule has 0 aliphatic rings. The highest BCUT2D eigenvalue weighted by Crippen LogP contribution is 2.06. The second-order valence-corrected chi connectivity index (χ2v) is 2.85. The second kappa shape index (κ2) is 12.9. The molecule has 1 heteroatoms. The molecule has 0 N–H and O–H groups in total. The summed E-state index contributed by atoms with van der Waals surface area (Å²) in [5, 5.41) is 0. The first-order valence-electron chi connectivity index (χ1n) is 4.52. The third-order valence-corrected chi connectivity index (χ3v) is 1.76. The zero-order valence-electron chi connectivity index (χ0n) is 7.64. The first-order valence-corrected chi connectivity index (χ1v) is 4.52. The van der Waals surface area contributed by atoms with Crippen molar-refractivity contribution in [3.05, 3.63) is 12.7 Å². The molecule has 0 amide bonds. The van der Waals surface area contributed by atoms with E-state index in [1.165, 1.54) is 44.9 Å². The summed E-state index contributed by atoms with van der Waals surface area (Å²) in [4.78, 5) is 0. The fourth-order valence-electron chi connectivity index (χ4n) is 1.07. The molecule has 0 aromatic rings. The summed E-state index contributed by atoms with van der Waals surface area (Å²) in [6.07, 6.45) is 11.6. The summed E-state index contributed by atoms with van der Waals surface area (Å²) in [6, 6.07) is 0. The van der Waals surface area contributed by atoms with Crippen molar-refractivity contribution >= 4 is 17.0 Å². The van der Waals surface area contributed by atoms with Gasteiger partial charge in [-0.15, -0.1) is 23.6 Å². The third-order valence-electron chi connectivity index (χ3n) is 1.76. The molecule has 11 heavy (non-hydrogen) atoms. The van der Waals surface area contributed by atoms with Gasteiger partial charge >= 0.3 is 0 Å². The number of rotatable bonds is 7. The Balaban J connectivity index is 0. The normalized spacial score (nSPS) is 8.82. The van der Waals surface area contributed by atoms with E-state index in [2.05, 4.69) is 13.5 Å². The van der Waals surface area contributed by atoms with E-state index in [-0.39, 0.29) is 17.0 Å². The molecule has 0 radical (unpaired) electrons. The average molecular weight is 221 g/mol. The number of hydrogen-bond acceptors (Lipinski definition) is 0. The van der Waals surface area contributed by atoms with E-state index in [0.717, 1.165) is 0 Å². The van der Waals surface area contributed by atoms with Crippen molar-refractivity contribution in [3.8, 4) is 0 Å². The summed E-state index contributed by atoms with van der Waals surface area (Å²) in [7, 11) is 0. The summed E-state index contributed by atoms with van der Waals surface area (Å²) < 4.78 is 0. The van der Waals surface area contributed by atoms with E-state index in [9.17, 15) is 0 Å². The molecule has 0 aliphatic heterocycles. The van der Waals surface area contributed by atoms with Crippen LogP contribution in [0.2, 0.25) is 0 Å². The largest absolute Gasteiger partial charge is 0.114 e. The first kappa shape index (κ1) is 13.8. The minimum Gasteiger partial charge on any atom is -0.114 e. The van der Waals surface area contributed by atoms with E-state index in [4.69, 9.17) is 0 Å². The fraction of sp³-hybridized carbons (Fsp3) is 0.800. The van der Waals surface area contributed by atoms with Gasteiger partial charge in [-0.25, -0.2) is 0 Å². The van der Waals surface area contributed by atoms with E-state index in [0.29, 0.717) is 0 Å². The summed E-state index contributed by atoms with van der Waals surface area (Å²) in [5.41, 5.74) is 0. The molecule has 0 saturated carbocycles. The van der Waals surface area contributed by atoms with Gasteiger partial charge in [-0.3, -0.25) is 0 Å². The lowest BCUT2D eigenvalue weighted by Crippen LogP contribution is -1.76. The zero-order chi connectivity index (χ0) is 7.66. The highest BCUT2D eigenvalue weighted by atomic mass is 79.9. The molecule has 0 rings (SSSR count). The molecule has 0 fully saturated rings. The van der Waals surface area contributed by atoms with Crippen molar-refractivity contribution in [2.75, 3.05) is 0 Å². The minimum atomic E-state index is 0. The molecular weight excluding hydrogens is 200 g/mol. The van der Waals surface area contributed by atoms with Crippen LogP contribution in [-0.4, -0.2) is 0 Å². The van der Waals surface area contributed by atoms with Crippen LogP contribution in [0.4, 0.5) is 0 Å². The Bertz CT molecular complexity index is 69.3. The van der Waals surface area contributed by atoms with Gasteiger partial charge in [-0.05, 0) is 12.8 Å². The SMILES string of the molecule is Br.C=CCCCCCCCC. The first-order chi connectivity index (χ1) is 4.91. The van der Waals surface area contributed by atoms with Crippen LogP contribution in [0.5, 0.6) is 0 Å². The number of halogens is 1. The average Bonchev–Trinajstić information content (AvgIpc) is 1.97. The lowest BCUT2D eigenvalue weighted by Gasteiger charge is -1.96. The van der Waals surface area contributed by atoms with E-state index >= 15 is 0 Å². The lowest BCUT2D eigenvalue weighted by atomic mass is 10.1. The van der Waals surface area contributed by atoms with Crippen LogP contribution in [0.1, 0.15) is 51.9 Å². The predicted octanol–water partition coefficient (Wildman–Crippen LogP) is 4.50. The van der Waals surface area contributed by atoms with Crippen LogP contribution in [0.15, 0.2) is 12.7 Å². The highest BCUT2D eigenvalue weighted by Gasteiger charge is 1.86. The molecule has 0 bridgehead atoms. The van der Waals surface area contributed by atoms with Crippen molar-refractivity contribution in [2.45, 2.75) is 51.9 Å². The van der Waals surface area contributed by atoms with Gasteiger partial charge in [0.15, 0.2) is 0 Å². The Morgan fingerprint density at radius 3 is 2.09 bits per heavy atom. The maximum atomic E-state index is 3.69. The van der Waals surface area contributed by atoms with Crippen LogP contribution >= 0.6 is 17.0 Å². The van der Waals surface area contributed by atoms with Crippen molar-refractivity contribution in [3.63, 3.8) is 0 Å². The predicted molar refractivity (Wildman–Crippen MR) is 58.5 cm³/mol. The second-order valence-electron chi connectivity index (χ2n) is 2.85. The molecule has 0 unspecified atom stereocenters. The Hall–Kier alpha value is 0.220. The van der Waals surface area contributed by atoms with Crippen LogP contribution in [0.25, 0.3) is 0 Å². The summed E-state index contributed by atoms with van der Waals surface area (Å²) in [5.74, 6) is 0. The fourth-order valence-corrected chi connectivity index (χ4v) is 1.07. The van der Waals surface area contributed by atoms with Gasteiger partial charge in [0.05, 0.1) is 0 Å². The molecule has 0 aliphatic carbocycles. The zero-order valence-corrected chi connectivity index (χ0v) is 9.36. The number of hydrogen-bond donors (Lipinski definition) is 0. The minimum absolute atomic E-state index is 0. The van der Waals surface area contributed by atoms with E-state index in [1.54, 1.807) is 0 Å². The number of unbranched alkanes of at least 4 members (excludes halogenated alkanes) is 6. The molecule has 0 aromatic heterocycles. The molecule has 0 saturated heterocycles. The van der Waals surface area contributed by atoms with Crippen LogP contribution in [-0.2, 0) is 0 Å². The Labute approximate surface area is 81.8 Å². The van der Waals surface area contributed by atoms with Gasteiger partial charge in [0, 0.05) is 0 Å². The molecular formula is C10H21Br. The Morgan fingerprint density at radius 2 is 1.55 bits per heavy atom. The van der Waals surface area contributed by atoms with Crippen molar-refractivity contribution in [1.82, 2.24) is 0 Å². The molecule has 0 nitrogen and oxygen atoms in total. The maximum absolute atomic E-state index is 3.69. The van der Waals surface area contributed by atoms with Gasteiger partial charge in [0.2, 0.25) is 0 Å². The van der Waals surface area contributed by atoms with E-state index in [1.807, 2.05) is 6.08 Å². The topological polar surface area (TPSA) is 0 Å². The molecule has 68 valence electrons. The van der Waals surface area contributed by atoms with Crippen molar-refractivity contribution in [1.29, 1.82) is 0 Å².